The second-order valence-electron chi connectivity index (χ2n) is 11.8. The fourth-order valence-electron chi connectivity index (χ4n) is 5.58. The molecule has 1 aromatic heterocycles. The lowest BCUT2D eigenvalue weighted by molar-refractivity contribution is -0.144. The van der Waals surface area contributed by atoms with E-state index < -0.39 is 53.5 Å². The van der Waals surface area contributed by atoms with Gasteiger partial charge in [-0.15, -0.1) is 11.3 Å². The molecule has 2 bridgehead atoms. The Morgan fingerprint density at radius 3 is 2.22 bits per heavy atom. The van der Waals surface area contributed by atoms with Crippen LogP contribution in [0.25, 0.3) is 0 Å². The first-order valence-electron chi connectivity index (χ1n) is 15.8. The molecule has 4 aromatic rings. The number of ether oxygens (including phenoxy) is 1. The average molecular weight is 747 g/mol. The van der Waals surface area contributed by atoms with Crippen molar-refractivity contribution in [3.8, 4) is 5.75 Å². The molecule has 0 aliphatic carbocycles. The molecule has 3 amide bonds. The molecule has 0 fully saturated rings. The maximum atomic E-state index is 14.1. The van der Waals surface area contributed by atoms with Gasteiger partial charge in [0.1, 0.15) is 17.8 Å². The molecule has 0 spiro atoms. The van der Waals surface area contributed by atoms with Crippen LogP contribution in [0.1, 0.15) is 40.5 Å². The number of fused-ring (bicyclic) bond motifs is 16. The first kappa shape index (κ1) is 35.5. The van der Waals surface area contributed by atoms with Gasteiger partial charge in [-0.2, -0.15) is 0 Å². The number of thiophene rings is 1. The number of amides is 3. The van der Waals surface area contributed by atoms with E-state index in [1.807, 2.05) is 47.8 Å². The summed E-state index contributed by atoms with van der Waals surface area (Å²) in [6.45, 7) is -0.375. The zero-order chi connectivity index (χ0) is 34.8. The van der Waals surface area contributed by atoms with Crippen molar-refractivity contribution in [3.05, 3.63) is 122 Å². The Hall–Kier alpha value is -4.81. The topological polar surface area (TPSA) is 151 Å². The number of carbonyl (C=O) groups is 5. The summed E-state index contributed by atoms with van der Waals surface area (Å²) in [5.74, 6) is -4.04. The van der Waals surface area contributed by atoms with E-state index in [0.717, 1.165) is 14.9 Å². The first-order valence-corrected chi connectivity index (χ1v) is 17.5. The van der Waals surface area contributed by atoms with Crippen LogP contribution in [0, 0.1) is 5.92 Å². The number of hydrogen-bond donors (Lipinski definition) is 4. The molecule has 6 rings (SSSR count). The monoisotopic (exact) mass is 745 g/mol. The van der Waals surface area contributed by atoms with E-state index in [2.05, 4.69) is 31.9 Å². The van der Waals surface area contributed by atoms with Gasteiger partial charge < -0.3 is 25.8 Å². The number of carbonyl (C=O) groups excluding carboxylic acids is 4. The predicted octanol–water partition coefficient (Wildman–Crippen LogP) is 4.81. The van der Waals surface area contributed by atoms with Gasteiger partial charge >= 0.3 is 5.97 Å². The molecule has 10 nitrogen and oxygen atoms in total. The number of carboxylic acid groups (broad SMARTS) is 1. The number of ketones is 1. The SMILES string of the molecule is O=C1COc2ccc(cc2)C[C@@H](C(=O)O)CC(=O)[C@@H](CCc2ccccc2)NC(=O)C(c2ccc(Br)cc2)NC(=O)[C@@H](Cc2cccs2)N1. The molecule has 49 heavy (non-hydrogen) atoms. The number of carboxylic acids is 1. The van der Waals surface area contributed by atoms with Gasteiger partial charge in [0.15, 0.2) is 12.4 Å². The van der Waals surface area contributed by atoms with E-state index in [9.17, 15) is 29.1 Å². The number of halogens is 1. The molecule has 254 valence electrons. The molecule has 2 aliphatic heterocycles. The normalized spacial score (nSPS) is 20.9. The quantitative estimate of drug-likeness (QED) is 0.198. The number of Topliss-reactive ketones (excluding diaryl/α,β-unsaturated/α-hetero) is 1. The number of aliphatic carboxylic acids is 1. The minimum Gasteiger partial charge on any atom is -0.484 e. The average Bonchev–Trinajstić information content (AvgIpc) is 3.61. The molecule has 12 heteroatoms. The van der Waals surface area contributed by atoms with Gasteiger partial charge in [-0.25, -0.2) is 0 Å². The number of aryl methyl sites for hydroxylation is 1. The highest BCUT2D eigenvalue weighted by Gasteiger charge is 2.33. The second kappa shape index (κ2) is 17.0. The van der Waals surface area contributed by atoms with Crippen LogP contribution in [0.3, 0.4) is 0 Å². The van der Waals surface area contributed by atoms with Crippen LogP contribution < -0.4 is 20.7 Å². The van der Waals surface area contributed by atoms with Crippen LogP contribution in [0.15, 0.2) is 101 Å². The smallest absolute Gasteiger partial charge is 0.307 e. The molecule has 4 atom stereocenters. The molecule has 3 aromatic carbocycles. The third kappa shape index (κ3) is 10.3. The zero-order valence-corrected chi connectivity index (χ0v) is 28.9. The summed E-state index contributed by atoms with van der Waals surface area (Å²) < 4.78 is 6.42. The third-order valence-electron chi connectivity index (χ3n) is 8.23. The minimum atomic E-state index is -1.24. The summed E-state index contributed by atoms with van der Waals surface area (Å²) in [6, 6.07) is 23.3. The first-order chi connectivity index (χ1) is 23.6. The van der Waals surface area contributed by atoms with E-state index in [4.69, 9.17) is 4.74 Å². The maximum Gasteiger partial charge on any atom is 0.307 e. The summed E-state index contributed by atoms with van der Waals surface area (Å²) in [5.41, 5.74) is 2.06. The van der Waals surface area contributed by atoms with Gasteiger partial charge in [-0.3, -0.25) is 24.0 Å². The predicted molar refractivity (Wildman–Crippen MR) is 188 cm³/mol. The molecule has 4 N–H and O–H groups in total. The molecule has 1 unspecified atom stereocenters. The zero-order valence-electron chi connectivity index (χ0n) is 26.5. The number of hydrogen-bond acceptors (Lipinski definition) is 7. The largest absolute Gasteiger partial charge is 0.484 e. The van der Waals surface area contributed by atoms with Crippen LogP contribution in [-0.2, 0) is 43.2 Å². The maximum absolute atomic E-state index is 14.1. The van der Waals surface area contributed by atoms with Gasteiger partial charge in [0.25, 0.3) is 5.91 Å². The summed E-state index contributed by atoms with van der Waals surface area (Å²) >= 11 is 4.83. The fraction of sp³-hybridized carbons (Fsp3) is 0.270. The van der Waals surface area contributed by atoms with E-state index >= 15 is 0 Å². The standard InChI is InChI=1S/C37H36BrN3O7S/c38-27-13-11-25(12-14-27)34-36(45)40-30(17-10-23-5-2-1-3-6-23)32(42)20-26(37(46)47)19-24-8-15-28(16-9-24)48-22-33(43)39-31(35(44)41-34)21-29-7-4-18-49-29/h1-9,11-16,18,26,30-31,34H,10,17,19-22H2,(H,39,43)(H,40,45)(H,41,44)(H,46,47)/t26-,30-,31-,34?/m1/s1. The Balaban J connectivity index is 1.50. The lowest BCUT2D eigenvalue weighted by Crippen LogP contribution is -2.53. The Bertz CT molecular complexity index is 1750. The van der Waals surface area contributed by atoms with Gasteiger partial charge in [0.2, 0.25) is 11.8 Å². The molecule has 3 heterocycles. The van der Waals surface area contributed by atoms with Crippen LogP contribution in [-0.4, -0.2) is 53.3 Å². The van der Waals surface area contributed by atoms with Gasteiger partial charge in [-0.1, -0.05) is 76.6 Å². The van der Waals surface area contributed by atoms with E-state index in [1.165, 1.54) is 11.3 Å². The minimum absolute atomic E-state index is 0.0726. The molecule has 0 saturated heterocycles. The third-order valence-corrected chi connectivity index (χ3v) is 9.66. The van der Waals surface area contributed by atoms with Crippen LogP contribution in [0.5, 0.6) is 5.75 Å². The summed E-state index contributed by atoms with van der Waals surface area (Å²) in [7, 11) is 0. The molecular weight excluding hydrogens is 710 g/mol. The van der Waals surface area contributed by atoms with Crippen molar-refractivity contribution in [2.24, 2.45) is 5.92 Å². The lowest BCUT2D eigenvalue weighted by atomic mass is 9.90. The Kier molecular flexibility index (Phi) is 12.3. The van der Waals surface area contributed by atoms with E-state index in [0.29, 0.717) is 23.3 Å². The molecule has 2 aliphatic rings. The Labute approximate surface area is 296 Å². The fourth-order valence-corrected chi connectivity index (χ4v) is 6.60. The van der Waals surface area contributed by atoms with Gasteiger partial charge in [-0.05, 0) is 71.7 Å². The highest BCUT2D eigenvalue weighted by molar-refractivity contribution is 9.10. The molecule has 0 radical (unpaired) electrons. The van der Waals surface area contributed by atoms with Crippen molar-refractivity contribution in [3.63, 3.8) is 0 Å². The van der Waals surface area contributed by atoms with Crippen molar-refractivity contribution in [1.82, 2.24) is 16.0 Å². The summed E-state index contributed by atoms with van der Waals surface area (Å²) in [5, 5.41) is 20.3. The summed E-state index contributed by atoms with van der Waals surface area (Å²) in [6.07, 6.45) is 0.590. The molecular formula is C37H36BrN3O7S. The van der Waals surface area contributed by atoms with Crippen molar-refractivity contribution in [2.75, 3.05) is 6.61 Å². The van der Waals surface area contributed by atoms with Crippen molar-refractivity contribution in [1.29, 1.82) is 0 Å². The van der Waals surface area contributed by atoms with Crippen LogP contribution in [0.2, 0.25) is 0 Å². The number of rotatable bonds is 7. The molecule has 0 saturated carbocycles. The van der Waals surface area contributed by atoms with Gasteiger partial charge in [0, 0.05) is 22.2 Å². The number of benzene rings is 3. The second-order valence-corrected chi connectivity index (χ2v) is 13.8. The van der Waals surface area contributed by atoms with Crippen molar-refractivity contribution < 1.29 is 33.8 Å². The Morgan fingerprint density at radius 2 is 1.55 bits per heavy atom. The van der Waals surface area contributed by atoms with Crippen molar-refractivity contribution in [2.45, 2.75) is 50.2 Å². The highest BCUT2D eigenvalue weighted by Crippen LogP contribution is 2.22. The van der Waals surface area contributed by atoms with Crippen LogP contribution >= 0.6 is 27.3 Å². The Morgan fingerprint density at radius 1 is 0.816 bits per heavy atom. The van der Waals surface area contributed by atoms with Crippen LogP contribution in [0.4, 0.5) is 0 Å². The van der Waals surface area contributed by atoms with Gasteiger partial charge in [0.05, 0.1) is 12.0 Å². The van der Waals surface area contributed by atoms with E-state index in [-0.39, 0.29) is 32.3 Å². The summed E-state index contributed by atoms with van der Waals surface area (Å²) in [4.78, 5) is 68.1. The highest BCUT2D eigenvalue weighted by atomic mass is 79.9. The van der Waals surface area contributed by atoms with Crippen molar-refractivity contribution >= 4 is 56.7 Å². The lowest BCUT2D eigenvalue weighted by Gasteiger charge is -2.26. The van der Waals surface area contributed by atoms with E-state index in [1.54, 1.807) is 48.5 Å². The number of nitrogens with one attached hydrogen (secondary N) is 3.